The van der Waals surface area contributed by atoms with Crippen LogP contribution in [0.3, 0.4) is 0 Å². The van der Waals surface area contributed by atoms with Gasteiger partial charge in [-0.05, 0) is 31.0 Å². The molecule has 0 N–H and O–H groups in total. The van der Waals surface area contributed by atoms with E-state index < -0.39 is 10.0 Å². The molecule has 1 aromatic carbocycles. The first-order valence-electron chi connectivity index (χ1n) is 7.75. The number of carbonyl (C=O) groups is 1. The molecule has 0 bridgehead atoms. The smallest absolute Gasteiger partial charge is 0.251 e. The highest BCUT2D eigenvalue weighted by Gasteiger charge is 2.34. The van der Waals surface area contributed by atoms with Gasteiger partial charge in [0.1, 0.15) is 11.0 Å². The third kappa shape index (κ3) is 3.62. The summed E-state index contributed by atoms with van der Waals surface area (Å²) in [5, 5.41) is 0.183. The van der Waals surface area contributed by atoms with Gasteiger partial charge < -0.3 is 9.64 Å². The maximum Gasteiger partial charge on any atom is 0.251 e. The fraction of sp³-hybridized carbons (Fsp3) is 0.533. The topological polar surface area (TPSA) is 66.9 Å². The third-order valence-corrected chi connectivity index (χ3v) is 7.14. The van der Waals surface area contributed by atoms with Gasteiger partial charge in [-0.15, -0.1) is 0 Å². The molecule has 1 amide bonds. The van der Waals surface area contributed by atoms with Crippen LogP contribution < -0.4 is 0 Å². The number of hydrogen-bond acceptors (Lipinski definition) is 4. The molecule has 6 nitrogen and oxygen atoms in total. The van der Waals surface area contributed by atoms with E-state index in [-0.39, 0.29) is 35.0 Å². The van der Waals surface area contributed by atoms with E-state index in [1.165, 1.54) is 10.4 Å². The Hall–Kier alpha value is -0.670. The van der Waals surface area contributed by atoms with Crippen molar-refractivity contribution in [1.82, 2.24) is 9.21 Å². The van der Waals surface area contributed by atoms with E-state index in [4.69, 9.17) is 16.3 Å². The molecule has 0 unspecified atom stereocenters. The van der Waals surface area contributed by atoms with Crippen molar-refractivity contribution in [2.45, 2.75) is 23.8 Å². The number of hydrogen-bond donors (Lipinski definition) is 0. The summed E-state index contributed by atoms with van der Waals surface area (Å²) in [4.78, 5) is 14.1. The summed E-state index contributed by atoms with van der Waals surface area (Å²) < 4.78 is 33.0. The molecule has 0 spiro atoms. The van der Waals surface area contributed by atoms with Gasteiger partial charge in [-0.1, -0.05) is 27.5 Å². The molecule has 2 aliphatic rings. The molecular weight excluding hydrogens is 420 g/mol. The van der Waals surface area contributed by atoms with Gasteiger partial charge in [-0.2, -0.15) is 4.31 Å². The number of rotatable bonds is 3. The van der Waals surface area contributed by atoms with Gasteiger partial charge in [-0.3, -0.25) is 4.79 Å². The van der Waals surface area contributed by atoms with Crippen molar-refractivity contribution in [3.05, 3.63) is 27.7 Å². The zero-order valence-electron chi connectivity index (χ0n) is 13.0. The molecule has 1 atom stereocenters. The molecule has 0 aliphatic carbocycles. The van der Waals surface area contributed by atoms with Crippen LogP contribution >= 0.6 is 27.5 Å². The number of carbonyl (C=O) groups excluding carboxylic acids is 1. The van der Waals surface area contributed by atoms with Crippen molar-refractivity contribution in [2.75, 3.05) is 32.8 Å². The van der Waals surface area contributed by atoms with Gasteiger partial charge in [0.15, 0.2) is 0 Å². The molecule has 0 radical (unpaired) electrons. The van der Waals surface area contributed by atoms with E-state index in [9.17, 15) is 13.2 Å². The molecular formula is C15H18BrClN2O4S. The monoisotopic (exact) mass is 436 g/mol. The highest BCUT2D eigenvalue weighted by molar-refractivity contribution is 9.10. The van der Waals surface area contributed by atoms with Gasteiger partial charge in [0, 0.05) is 37.3 Å². The van der Waals surface area contributed by atoms with Gasteiger partial charge in [0.2, 0.25) is 10.0 Å². The molecule has 9 heteroatoms. The third-order valence-electron chi connectivity index (χ3n) is 4.27. The first kappa shape index (κ1) is 18.1. The van der Waals surface area contributed by atoms with E-state index >= 15 is 0 Å². The Bertz CT molecular complexity index is 729. The number of ether oxygens (including phenoxy) is 1. The maximum atomic E-state index is 12.8. The molecule has 2 aliphatic heterocycles. The minimum absolute atomic E-state index is 0.0359. The second kappa shape index (κ2) is 7.29. The normalized spacial score (nSPS) is 22.8. The first-order valence-corrected chi connectivity index (χ1v) is 10.4. The van der Waals surface area contributed by atoms with Crippen LogP contribution in [-0.2, 0) is 19.6 Å². The van der Waals surface area contributed by atoms with Gasteiger partial charge in [-0.25, -0.2) is 8.42 Å². The van der Waals surface area contributed by atoms with Crippen molar-refractivity contribution in [3.8, 4) is 0 Å². The zero-order valence-corrected chi connectivity index (χ0v) is 16.1. The maximum absolute atomic E-state index is 12.8. The van der Waals surface area contributed by atoms with Crippen LogP contribution in [0.4, 0.5) is 0 Å². The van der Waals surface area contributed by atoms with Crippen molar-refractivity contribution in [3.63, 3.8) is 0 Å². The second-order valence-electron chi connectivity index (χ2n) is 5.81. The van der Waals surface area contributed by atoms with Gasteiger partial charge in [0.25, 0.3) is 5.91 Å². The van der Waals surface area contributed by atoms with Crippen LogP contribution in [0, 0.1) is 0 Å². The fourth-order valence-electron chi connectivity index (χ4n) is 2.95. The molecule has 0 saturated carbocycles. The van der Waals surface area contributed by atoms with E-state index in [1.54, 1.807) is 17.0 Å². The Labute approximate surface area is 154 Å². The van der Waals surface area contributed by atoms with E-state index in [1.807, 2.05) is 0 Å². The molecule has 1 aromatic rings. The average Bonchev–Trinajstić information content (AvgIpc) is 3.08. The van der Waals surface area contributed by atoms with Crippen LogP contribution in [0.2, 0.25) is 5.02 Å². The Balaban J connectivity index is 1.68. The lowest BCUT2D eigenvalue weighted by Crippen LogP contribution is -2.52. The largest absolute Gasteiger partial charge is 0.368 e. The standard InChI is InChI=1S/C15H18BrClN2O4S/c16-11-3-4-14(12(17)10-11)24(21,22)19-7-5-18(6-8-19)15(20)13-2-1-9-23-13/h3-4,10,13H,1-2,5-9H2/t13-/m0/s1. The summed E-state index contributed by atoms with van der Waals surface area (Å²) in [6.07, 6.45) is 1.27. The molecule has 2 saturated heterocycles. The van der Waals surface area contributed by atoms with E-state index in [2.05, 4.69) is 15.9 Å². The Morgan fingerprint density at radius 2 is 1.96 bits per heavy atom. The first-order chi connectivity index (χ1) is 11.4. The molecule has 24 heavy (non-hydrogen) atoms. The van der Waals surface area contributed by atoms with Crippen molar-refractivity contribution in [2.24, 2.45) is 0 Å². The van der Waals surface area contributed by atoms with Gasteiger partial charge >= 0.3 is 0 Å². The Morgan fingerprint density at radius 3 is 2.54 bits per heavy atom. The predicted molar refractivity (Wildman–Crippen MR) is 93.5 cm³/mol. The van der Waals surface area contributed by atoms with Crippen LogP contribution in [0.5, 0.6) is 0 Å². The number of piperazine rings is 1. The van der Waals surface area contributed by atoms with Crippen LogP contribution in [0.15, 0.2) is 27.6 Å². The quantitative estimate of drug-likeness (QED) is 0.726. The number of halogens is 2. The van der Waals surface area contributed by atoms with Crippen molar-refractivity contribution < 1.29 is 17.9 Å². The van der Waals surface area contributed by atoms with Crippen LogP contribution in [0.1, 0.15) is 12.8 Å². The summed E-state index contributed by atoms with van der Waals surface area (Å²) in [6, 6.07) is 4.70. The summed E-state index contributed by atoms with van der Waals surface area (Å²) in [5.74, 6) is -0.0359. The lowest BCUT2D eigenvalue weighted by atomic mass is 10.2. The Morgan fingerprint density at radius 1 is 1.25 bits per heavy atom. The molecule has 2 heterocycles. The van der Waals surface area contributed by atoms with Crippen LogP contribution in [-0.4, -0.2) is 62.4 Å². The van der Waals surface area contributed by atoms with Gasteiger partial charge in [0.05, 0.1) is 5.02 Å². The lowest BCUT2D eigenvalue weighted by Gasteiger charge is -2.35. The van der Waals surface area contributed by atoms with E-state index in [0.717, 1.165) is 17.3 Å². The highest BCUT2D eigenvalue weighted by atomic mass is 79.9. The number of benzene rings is 1. The molecule has 0 aromatic heterocycles. The highest BCUT2D eigenvalue weighted by Crippen LogP contribution is 2.28. The summed E-state index contributed by atoms with van der Waals surface area (Å²) in [5.41, 5.74) is 0. The minimum Gasteiger partial charge on any atom is -0.368 e. The minimum atomic E-state index is -3.67. The number of amides is 1. The number of sulfonamides is 1. The zero-order chi connectivity index (χ0) is 17.3. The summed E-state index contributed by atoms with van der Waals surface area (Å²) in [6.45, 7) is 1.87. The lowest BCUT2D eigenvalue weighted by molar-refractivity contribution is -0.142. The average molecular weight is 438 g/mol. The SMILES string of the molecule is O=C([C@@H]1CCCO1)N1CCN(S(=O)(=O)c2ccc(Br)cc2Cl)CC1. The number of nitrogens with zero attached hydrogens (tertiary/aromatic N) is 2. The predicted octanol–water partition coefficient (Wildman–Crippen LogP) is 2.11. The second-order valence-corrected chi connectivity index (χ2v) is 9.04. The molecule has 3 rings (SSSR count). The molecule has 2 fully saturated rings. The fourth-order valence-corrected chi connectivity index (χ4v) is 5.38. The summed E-state index contributed by atoms with van der Waals surface area (Å²) in [7, 11) is -3.67. The van der Waals surface area contributed by atoms with Crippen molar-refractivity contribution >= 4 is 43.5 Å². The summed E-state index contributed by atoms with van der Waals surface area (Å²) >= 11 is 9.35. The van der Waals surface area contributed by atoms with E-state index in [0.29, 0.717) is 19.7 Å². The van der Waals surface area contributed by atoms with Crippen LogP contribution in [0.25, 0.3) is 0 Å². The van der Waals surface area contributed by atoms with Crippen molar-refractivity contribution in [1.29, 1.82) is 0 Å². The Kier molecular flexibility index (Phi) is 5.51. The molecule has 132 valence electrons.